The molecule has 0 radical (unpaired) electrons. The number of likely N-dealkylation sites (N-methyl/N-ethyl adjacent to an activating group) is 1. The summed E-state index contributed by atoms with van der Waals surface area (Å²) in [4.78, 5) is 68.5. The van der Waals surface area contributed by atoms with E-state index in [1.54, 1.807) is 28.1 Å². The van der Waals surface area contributed by atoms with Crippen LogP contribution in [0.1, 0.15) is 37.9 Å². The highest BCUT2D eigenvalue weighted by atomic mass is 19.1. The molecule has 2 aliphatic rings. The number of fused-ring (bicyclic) bond motifs is 6. The van der Waals surface area contributed by atoms with Crippen LogP contribution in [0, 0.1) is 12.7 Å². The quantitative estimate of drug-likeness (QED) is 0.123. The van der Waals surface area contributed by atoms with Gasteiger partial charge in [0.15, 0.2) is 5.65 Å². The van der Waals surface area contributed by atoms with E-state index in [9.17, 15) is 14.4 Å². The number of aromatic nitrogens is 3. The number of ether oxygens (including phenoxy) is 1. The molecule has 0 unspecified atom stereocenters. The average Bonchev–Trinajstić information content (AvgIpc) is 3.12. The van der Waals surface area contributed by atoms with Gasteiger partial charge in [0.25, 0.3) is 11.5 Å². The Balaban J connectivity index is 1.60. The summed E-state index contributed by atoms with van der Waals surface area (Å²) < 4.78 is 23.8. The van der Waals surface area contributed by atoms with E-state index in [4.69, 9.17) is 9.72 Å². The van der Waals surface area contributed by atoms with Gasteiger partial charge in [-0.05, 0) is 66.4 Å². The molecule has 5 aromatic rings. The summed E-state index contributed by atoms with van der Waals surface area (Å²) in [6.45, 7) is 15.0. The minimum atomic E-state index is -0.842. The first-order valence-corrected chi connectivity index (χ1v) is 17.0. The number of piperazine rings is 1. The minimum Gasteiger partial charge on any atom is -0.423 e. The zero-order chi connectivity index (χ0) is 37.2. The highest BCUT2D eigenvalue weighted by Gasteiger charge is 2.46. The number of carbonyl (C=O) groups excluding carboxylic acids is 3. The van der Waals surface area contributed by atoms with Gasteiger partial charge >= 0.3 is 5.97 Å². The average molecular weight is 701 g/mol. The standard InChI is InChI=1S/C40H37FN6O5/c1-8-31(48)45-20-30-39(50)44(7)37-36(46(30)19-23(45)6)28-18-29(41)34(27-17-25(52-32(49)9-2)16-24-12-10-11-13-26(24)27)43-38(28)47(40(37)51)35-22(5)14-15-42-33(35)21(3)4/h8-18,21,23,30H,1-2,19-20H2,3-7H3/t23-,30-/m1/s1. The molecule has 11 nitrogen and oxygen atoms in total. The Morgan fingerprint density at radius 1 is 1.00 bits per heavy atom. The molecule has 5 heterocycles. The molecule has 2 aromatic carbocycles. The largest absolute Gasteiger partial charge is 0.423 e. The summed E-state index contributed by atoms with van der Waals surface area (Å²) in [6, 6.07) is 12.4. The van der Waals surface area contributed by atoms with Crippen LogP contribution >= 0.6 is 0 Å². The van der Waals surface area contributed by atoms with E-state index < -0.39 is 23.4 Å². The lowest BCUT2D eigenvalue weighted by molar-refractivity contribution is -0.131. The number of hydrogen-bond acceptors (Lipinski definition) is 8. The van der Waals surface area contributed by atoms with Crippen LogP contribution in [0.5, 0.6) is 5.75 Å². The number of halogens is 1. The van der Waals surface area contributed by atoms with Gasteiger partial charge < -0.3 is 19.4 Å². The Bertz CT molecular complexity index is 2440. The highest BCUT2D eigenvalue weighted by Crippen LogP contribution is 2.44. The summed E-state index contributed by atoms with van der Waals surface area (Å²) in [6.07, 6.45) is 3.93. The van der Waals surface area contributed by atoms with Crippen molar-refractivity contribution in [1.29, 1.82) is 0 Å². The number of amides is 2. The van der Waals surface area contributed by atoms with E-state index in [2.05, 4.69) is 18.1 Å². The third-order valence-corrected chi connectivity index (χ3v) is 9.89. The summed E-state index contributed by atoms with van der Waals surface area (Å²) in [5.74, 6) is -2.02. The molecule has 1 fully saturated rings. The van der Waals surface area contributed by atoms with Crippen molar-refractivity contribution < 1.29 is 23.5 Å². The van der Waals surface area contributed by atoms with Gasteiger partial charge in [-0.25, -0.2) is 14.2 Å². The van der Waals surface area contributed by atoms with Crippen LogP contribution in [0.3, 0.4) is 0 Å². The number of esters is 1. The maximum Gasteiger partial charge on any atom is 0.335 e. The van der Waals surface area contributed by atoms with Crippen LogP contribution < -0.4 is 20.1 Å². The second-order valence-corrected chi connectivity index (χ2v) is 13.5. The SMILES string of the molecule is C=CC(=O)Oc1cc(-c2nc3c(cc2F)c2c(c(=O)n3-c3c(C)ccnc3C(C)C)N(C)C(=O)[C@H]3CN(C(=O)C=C)[C@H](C)CN23)c2ccccc2c1. The summed E-state index contributed by atoms with van der Waals surface area (Å²) in [5.41, 5.74) is 2.13. The lowest BCUT2D eigenvalue weighted by Crippen LogP contribution is -2.66. The summed E-state index contributed by atoms with van der Waals surface area (Å²) in [5, 5.41) is 1.61. The molecule has 0 bridgehead atoms. The van der Waals surface area contributed by atoms with Crippen LogP contribution in [0.25, 0.3) is 38.8 Å². The van der Waals surface area contributed by atoms with E-state index in [1.807, 2.05) is 52.0 Å². The Hall–Kier alpha value is -6.17. The molecule has 1 saturated heterocycles. The third kappa shape index (κ3) is 5.33. The Kier molecular flexibility index (Phi) is 8.48. The fraction of sp³-hybridized carbons (Fsp3) is 0.250. The fourth-order valence-corrected chi connectivity index (χ4v) is 7.42. The molecule has 0 N–H and O–H groups in total. The first-order valence-electron chi connectivity index (χ1n) is 17.0. The summed E-state index contributed by atoms with van der Waals surface area (Å²) in [7, 11) is 1.52. The number of nitrogens with zero attached hydrogens (tertiary/aromatic N) is 6. The lowest BCUT2D eigenvalue weighted by Gasteiger charge is -2.49. The van der Waals surface area contributed by atoms with E-state index in [0.717, 1.165) is 11.6 Å². The summed E-state index contributed by atoms with van der Waals surface area (Å²) >= 11 is 0. The van der Waals surface area contributed by atoms with Gasteiger partial charge in [-0.15, -0.1) is 0 Å². The van der Waals surface area contributed by atoms with Crippen molar-refractivity contribution in [2.45, 2.75) is 45.7 Å². The van der Waals surface area contributed by atoms with Gasteiger partial charge in [0.05, 0.1) is 23.6 Å². The van der Waals surface area contributed by atoms with Crippen LogP contribution in [0.4, 0.5) is 15.8 Å². The van der Waals surface area contributed by atoms with Crippen molar-refractivity contribution in [1.82, 2.24) is 19.4 Å². The monoisotopic (exact) mass is 700 g/mol. The molecule has 3 aromatic heterocycles. The van der Waals surface area contributed by atoms with Crippen molar-refractivity contribution in [3.8, 4) is 22.7 Å². The zero-order valence-corrected chi connectivity index (χ0v) is 29.5. The molecule has 2 aliphatic heterocycles. The topological polar surface area (TPSA) is 118 Å². The first kappa shape index (κ1) is 34.3. The molecule has 0 saturated carbocycles. The van der Waals surface area contributed by atoms with E-state index in [1.165, 1.54) is 34.7 Å². The fourth-order valence-electron chi connectivity index (χ4n) is 7.42. The Labute approximate surface area is 299 Å². The zero-order valence-electron chi connectivity index (χ0n) is 29.5. The van der Waals surface area contributed by atoms with Gasteiger partial charge in [0.1, 0.15) is 29.0 Å². The predicted molar refractivity (Wildman–Crippen MR) is 199 cm³/mol. The van der Waals surface area contributed by atoms with Crippen LogP contribution in [0.15, 0.2) is 84.8 Å². The van der Waals surface area contributed by atoms with E-state index in [-0.39, 0.29) is 59.6 Å². The van der Waals surface area contributed by atoms with Gasteiger partial charge in [0, 0.05) is 42.9 Å². The lowest BCUT2D eigenvalue weighted by atomic mass is 9.97. The molecule has 2 atom stereocenters. The van der Waals surface area contributed by atoms with Gasteiger partial charge in [-0.1, -0.05) is 51.3 Å². The van der Waals surface area contributed by atoms with Crippen LogP contribution in [-0.2, 0) is 14.4 Å². The van der Waals surface area contributed by atoms with Gasteiger partial charge in [-0.3, -0.25) is 23.9 Å². The number of carbonyl (C=O) groups is 3. The van der Waals surface area contributed by atoms with Crippen molar-refractivity contribution in [2.75, 3.05) is 29.9 Å². The smallest absolute Gasteiger partial charge is 0.335 e. The first-order chi connectivity index (χ1) is 24.9. The molecule has 264 valence electrons. The maximum atomic E-state index is 16.9. The van der Waals surface area contributed by atoms with Crippen molar-refractivity contribution >= 4 is 51.0 Å². The number of aryl methyl sites for hydroxylation is 1. The second kappa shape index (κ2) is 12.9. The van der Waals surface area contributed by atoms with Crippen molar-refractivity contribution in [3.05, 3.63) is 107 Å². The molecule has 0 aliphatic carbocycles. The minimum absolute atomic E-state index is 0.0502. The molecule has 52 heavy (non-hydrogen) atoms. The Morgan fingerprint density at radius 3 is 2.46 bits per heavy atom. The van der Waals surface area contributed by atoms with E-state index >= 15 is 9.18 Å². The van der Waals surface area contributed by atoms with E-state index in [0.29, 0.717) is 38.8 Å². The van der Waals surface area contributed by atoms with Crippen molar-refractivity contribution in [3.63, 3.8) is 0 Å². The van der Waals surface area contributed by atoms with Crippen LogP contribution in [0.2, 0.25) is 0 Å². The number of rotatable bonds is 6. The van der Waals surface area contributed by atoms with Gasteiger partial charge in [0.2, 0.25) is 5.91 Å². The van der Waals surface area contributed by atoms with Crippen molar-refractivity contribution in [2.24, 2.45) is 0 Å². The molecular weight excluding hydrogens is 663 g/mol. The van der Waals surface area contributed by atoms with Crippen LogP contribution in [-0.4, -0.2) is 69.4 Å². The Morgan fingerprint density at radius 2 is 1.75 bits per heavy atom. The second-order valence-electron chi connectivity index (χ2n) is 13.5. The molecular formula is C40H37FN6O5. The molecule has 12 heteroatoms. The number of anilines is 2. The molecule has 0 spiro atoms. The maximum absolute atomic E-state index is 16.9. The number of benzene rings is 2. The molecule has 7 rings (SSSR count). The number of hydrogen-bond donors (Lipinski definition) is 0. The predicted octanol–water partition coefficient (Wildman–Crippen LogP) is 5.83. The van der Waals surface area contributed by atoms with Gasteiger partial charge in [-0.2, -0.15) is 0 Å². The normalized spacial score (nSPS) is 17.0. The number of pyridine rings is 3. The highest BCUT2D eigenvalue weighted by molar-refractivity contribution is 6.12. The third-order valence-electron chi connectivity index (χ3n) is 9.89. The molecule has 2 amide bonds.